The number of carbonyl (C=O) groups excluding carboxylic acids is 2. The third-order valence-electron chi connectivity index (χ3n) is 4.34. The lowest BCUT2D eigenvalue weighted by molar-refractivity contribution is -0.313. The number of morpholine rings is 1. The smallest absolute Gasteiger partial charge is 0.227 e. The van der Waals surface area contributed by atoms with E-state index in [-0.39, 0.29) is 17.7 Å². The van der Waals surface area contributed by atoms with E-state index in [2.05, 4.69) is 0 Å². The Balaban J connectivity index is 1.79. The van der Waals surface area contributed by atoms with Crippen molar-refractivity contribution in [3.05, 3.63) is 12.2 Å². The molecular weight excluding hydrogens is 234 g/mol. The molecule has 0 aromatic carbocycles. The van der Waals surface area contributed by atoms with Gasteiger partial charge in [-0.25, -0.2) is 0 Å². The maximum atomic E-state index is 12.5. The first-order chi connectivity index (χ1) is 8.68. The molecule has 0 N–H and O–H groups in total. The molecule has 0 radical (unpaired) electrons. The summed E-state index contributed by atoms with van der Waals surface area (Å²) in [7, 11) is 0. The monoisotopic (exact) mass is 250 g/mol. The number of aliphatic carboxylic acids is 1. The van der Waals surface area contributed by atoms with Crippen molar-refractivity contribution < 1.29 is 19.4 Å². The average molecular weight is 250 g/mol. The van der Waals surface area contributed by atoms with Crippen LogP contribution in [-0.4, -0.2) is 43.1 Å². The Kier molecular flexibility index (Phi) is 2.86. The molecule has 1 aliphatic heterocycles. The summed E-state index contributed by atoms with van der Waals surface area (Å²) in [6.07, 6.45) is 4.70. The maximum Gasteiger partial charge on any atom is 0.227 e. The Bertz CT molecular complexity index is 400. The predicted octanol–water partition coefficient (Wildman–Crippen LogP) is -0.967. The summed E-state index contributed by atoms with van der Waals surface area (Å²) in [5.74, 6) is -2.13. The predicted molar refractivity (Wildman–Crippen MR) is 60.1 cm³/mol. The number of ether oxygens (including phenoxy) is 1. The van der Waals surface area contributed by atoms with E-state index in [1.165, 1.54) is 0 Å². The van der Waals surface area contributed by atoms with Gasteiger partial charge in [0.05, 0.1) is 19.1 Å². The van der Waals surface area contributed by atoms with Crippen molar-refractivity contribution in [2.24, 2.45) is 23.7 Å². The van der Waals surface area contributed by atoms with Crippen LogP contribution in [0.3, 0.4) is 0 Å². The van der Waals surface area contributed by atoms with Crippen molar-refractivity contribution in [1.29, 1.82) is 0 Å². The number of rotatable bonds is 2. The molecule has 0 aromatic rings. The van der Waals surface area contributed by atoms with Gasteiger partial charge in [-0.05, 0) is 18.3 Å². The molecule has 18 heavy (non-hydrogen) atoms. The topological polar surface area (TPSA) is 69.7 Å². The fraction of sp³-hybridized carbons (Fsp3) is 0.692. The lowest BCUT2D eigenvalue weighted by Crippen LogP contribution is -2.49. The number of hydrogen-bond acceptors (Lipinski definition) is 4. The number of carboxylic acids is 1. The first-order valence-corrected chi connectivity index (χ1v) is 6.44. The van der Waals surface area contributed by atoms with Crippen molar-refractivity contribution in [2.45, 2.75) is 6.42 Å². The molecule has 1 amide bonds. The van der Waals surface area contributed by atoms with Crippen LogP contribution in [0.5, 0.6) is 0 Å². The Hall–Kier alpha value is -1.36. The maximum absolute atomic E-state index is 12.5. The van der Waals surface area contributed by atoms with Crippen LogP contribution in [0, 0.1) is 23.7 Å². The number of nitrogens with zero attached hydrogens (tertiary/aromatic N) is 1. The molecule has 5 heteroatoms. The van der Waals surface area contributed by atoms with Gasteiger partial charge in [0, 0.05) is 25.0 Å². The van der Waals surface area contributed by atoms with Crippen molar-refractivity contribution in [3.8, 4) is 0 Å². The van der Waals surface area contributed by atoms with Crippen molar-refractivity contribution in [2.75, 3.05) is 26.3 Å². The van der Waals surface area contributed by atoms with Crippen LogP contribution < -0.4 is 5.11 Å². The molecule has 1 heterocycles. The standard InChI is InChI=1S/C13H17NO4/c15-12(14-3-5-18-6-4-14)10-8-1-2-9(7-8)11(10)13(16)17/h1-2,8-11H,3-7H2,(H,16,17)/p-1/t8-,9-,10+,11+/m1/s1. The minimum absolute atomic E-state index is 0.0185. The average Bonchev–Trinajstić information content (AvgIpc) is 2.99. The van der Waals surface area contributed by atoms with Gasteiger partial charge < -0.3 is 19.5 Å². The van der Waals surface area contributed by atoms with Crippen LogP contribution in [-0.2, 0) is 14.3 Å². The van der Waals surface area contributed by atoms with Gasteiger partial charge in [0.15, 0.2) is 0 Å². The number of allylic oxidation sites excluding steroid dienone is 2. The van der Waals surface area contributed by atoms with E-state index in [9.17, 15) is 14.7 Å². The van der Waals surface area contributed by atoms with E-state index in [1.54, 1.807) is 4.90 Å². The minimum atomic E-state index is -1.08. The molecule has 98 valence electrons. The van der Waals surface area contributed by atoms with Crippen LogP contribution in [0.2, 0.25) is 0 Å². The van der Waals surface area contributed by atoms with Crippen LogP contribution in [0.1, 0.15) is 6.42 Å². The fourth-order valence-electron chi connectivity index (χ4n) is 3.47. The summed E-state index contributed by atoms with van der Waals surface area (Å²) in [4.78, 5) is 25.4. The minimum Gasteiger partial charge on any atom is -0.550 e. The second-order valence-electron chi connectivity index (χ2n) is 5.26. The lowest BCUT2D eigenvalue weighted by Gasteiger charge is -2.34. The zero-order valence-corrected chi connectivity index (χ0v) is 10.1. The first kappa shape index (κ1) is 11.7. The third kappa shape index (κ3) is 1.73. The molecule has 1 saturated heterocycles. The highest BCUT2D eigenvalue weighted by Crippen LogP contribution is 2.48. The van der Waals surface area contributed by atoms with Crippen molar-refractivity contribution >= 4 is 11.9 Å². The normalized spacial score (nSPS) is 38.1. The van der Waals surface area contributed by atoms with Crippen LogP contribution in [0.4, 0.5) is 0 Å². The van der Waals surface area contributed by atoms with Gasteiger partial charge in [-0.3, -0.25) is 4.79 Å². The van der Waals surface area contributed by atoms with Crippen LogP contribution in [0.15, 0.2) is 12.2 Å². The van der Waals surface area contributed by atoms with E-state index in [4.69, 9.17) is 4.74 Å². The molecule has 0 spiro atoms. The SMILES string of the molecule is O=C([O-])[C@@H]1[C@@H](C(=O)N2CCOCC2)[C@@H]2C=C[C@@H]1C2. The zero-order chi connectivity index (χ0) is 12.7. The first-order valence-electron chi connectivity index (χ1n) is 6.44. The highest BCUT2D eigenvalue weighted by Gasteiger charge is 2.49. The van der Waals surface area contributed by atoms with Crippen LogP contribution >= 0.6 is 0 Å². The highest BCUT2D eigenvalue weighted by molar-refractivity contribution is 5.86. The summed E-state index contributed by atoms with van der Waals surface area (Å²) in [5, 5.41) is 11.2. The van der Waals surface area contributed by atoms with Crippen molar-refractivity contribution in [1.82, 2.24) is 4.90 Å². The summed E-state index contributed by atoms with van der Waals surface area (Å²) in [5.41, 5.74) is 0. The Morgan fingerprint density at radius 3 is 2.33 bits per heavy atom. The zero-order valence-electron chi connectivity index (χ0n) is 10.1. The Morgan fingerprint density at radius 2 is 1.72 bits per heavy atom. The van der Waals surface area contributed by atoms with E-state index in [1.807, 2.05) is 12.2 Å². The quantitative estimate of drug-likeness (QED) is 0.591. The molecule has 2 bridgehead atoms. The van der Waals surface area contributed by atoms with E-state index < -0.39 is 17.8 Å². The summed E-state index contributed by atoms with van der Waals surface area (Å²) < 4.78 is 5.21. The number of carboxylic acid groups (broad SMARTS) is 1. The van der Waals surface area contributed by atoms with Gasteiger partial charge in [0.25, 0.3) is 0 Å². The van der Waals surface area contributed by atoms with Gasteiger partial charge in [-0.15, -0.1) is 0 Å². The van der Waals surface area contributed by atoms with E-state index in [0.717, 1.165) is 6.42 Å². The second kappa shape index (κ2) is 4.39. The Morgan fingerprint density at radius 1 is 1.11 bits per heavy atom. The van der Waals surface area contributed by atoms with Gasteiger partial charge in [-0.2, -0.15) is 0 Å². The molecular formula is C13H16NO4-. The number of amides is 1. The van der Waals surface area contributed by atoms with Gasteiger partial charge in [0.2, 0.25) is 5.91 Å². The largest absolute Gasteiger partial charge is 0.550 e. The molecule has 0 aromatic heterocycles. The molecule has 3 aliphatic rings. The fourth-order valence-corrected chi connectivity index (χ4v) is 3.47. The number of fused-ring (bicyclic) bond motifs is 2. The molecule has 2 fully saturated rings. The summed E-state index contributed by atoms with van der Waals surface area (Å²) >= 11 is 0. The van der Waals surface area contributed by atoms with Crippen LogP contribution in [0.25, 0.3) is 0 Å². The van der Waals surface area contributed by atoms with Crippen molar-refractivity contribution in [3.63, 3.8) is 0 Å². The third-order valence-corrected chi connectivity index (χ3v) is 4.34. The Labute approximate surface area is 105 Å². The highest BCUT2D eigenvalue weighted by atomic mass is 16.5. The molecule has 0 unspecified atom stereocenters. The lowest BCUT2D eigenvalue weighted by atomic mass is 9.82. The second-order valence-corrected chi connectivity index (χ2v) is 5.26. The number of carbonyl (C=O) groups is 2. The van der Waals surface area contributed by atoms with E-state index >= 15 is 0 Å². The number of hydrogen-bond donors (Lipinski definition) is 0. The van der Waals surface area contributed by atoms with Gasteiger partial charge in [-0.1, -0.05) is 12.2 Å². The molecule has 1 saturated carbocycles. The molecule has 2 aliphatic carbocycles. The molecule has 5 nitrogen and oxygen atoms in total. The molecule has 4 atom stereocenters. The summed E-state index contributed by atoms with van der Waals surface area (Å²) in [6, 6.07) is 0. The van der Waals surface area contributed by atoms with E-state index in [0.29, 0.717) is 26.3 Å². The van der Waals surface area contributed by atoms with Gasteiger partial charge >= 0.3 is 0 Å². The van der Waals surface area contributed by atoms with Gasteiger partial charge in [0.1, 0.15) is 0 Å². The molecule has 3 rings (SSSR count). The summed E-state index contributed by atoms with van der Waals surface area (Å²) in [6.45, 7) is 2.21.